The minimum absolute atomic E-state index is 0.00689. The van der Waals surface area contributed by atoms with Gasteiger partial charge in [-0.1, -0.05) is 6.92 Å². The Morgan fingerprint density at radius 3 is 2.29 bits per heavy atom. The lowest BCUT2D eigenvalue weighted by Gasteiger charge is -2.10. The molecule has 0 aliphatic carbocycles. The smallest absolute Gasteiger partial charge is 0.436 e. The molecule has 0 aliphatic rings. The van der Waals surface area contributed by atoms with Gasteiger partial charge in [-0.3, -0.25) is 0 Å². The summed E-state index contributed by atoms with van der Waals surface area (Å²) in [6.07, 6.45) is -9.16. The fraction of sp³-hybridized carbons (Fsp3) is 0.300. The summed E-state index contributed by atoms with van der Waals surface area (Å²) in [5.74, 6) is -0.377. The molecule has 0 N–H and O–H groups in total. The second-order valence-electron chi connectivity index (χ2n) is 6.65. The lowest BCUT2D eigenvalue weighted by atomic mass is 10.2. The van der Waals surface area contributed by atoms with E-state index in [2.05, 4.69) is 9.97 Å². The highest BCUT2D eigenvalue weighted by Gasteiger charge is 2.37. The van der Waals surface area contributed by atoms with Gasteiger partial charge in [0.15, 0.2) is 5.58 Å². The number of fused-ring (bicyclic) bond motifs is 2. The Morgan fingerprint density at radius 2 is 1.68 bits per heavy atom. The highest BCUT2D eigenvalue weighted by molar-refractivity contribution is 7.99. The number of oxazole rings is 1. The summed E-state index contributed by atoms with van der Waals surface area (Å²) < 4.78 is 85.9. The molecule has 0 bridgehead atoms. The standard InChI is InChI=1S/C20H15F6N3OS/c1-3-29-14-9-16(31-4-2)11(8-12(14)28-18(29)20(24,25)26)17-27-13-7-10(19(21,22)23)5-6-15(13)30-17/h5-9H,3-4H2,1-2H3. The number of halogens is 6. The first-order valence-electron chi connectivity index (χ1n) is 9.25. The van der Waals surface area contributed by atoms with Crippen molar-refractivity contribution in [3.8, 4) is 11.5 Å². The van der Waals surface area contributed by atoms with E-state index in [1.165, 1.54) is 23.9 Å². The van der Waals surface area contributed by atoms with Crippen molar-refractivity contribution in [1.82, 2.24) is 14.5 Å². The van der Waals surface area contributed by atoms with Crippen LogP contribution in [-0.2, 0) is 18.9 Å². The zero-order valence-electron chi connectivity index (χ0n) is 16.2. The monoisotopic (exact) mass is 459 g/mol. The van der Waals surface area contributed by atoms with Crippen molar-refractivity contribution in [2.75, 3.05) is 5.75 Å². The van der Waals surface area contributed by atoms with Crippen molar-refractivity contribution in [2.24, 2.45) is 0 Å². The van der Waals surface area contributed by atoms with Crippen LogP contribution in [-0.4, -0.2) is 20.3 Å². The Balaban J connectivity index is 1.93. The number of alkyl halides is 6. The lowest BCUT2D eigenvalue weighted by molar-refractivity contribution is -0.146. The predicted octanol–water partition coefficient (Wildman–Crippen LogP) is 7.01. The number of hydrogen-bond acceptors (Lipinski definition) is 4. The van der Waals surface area contributed by atoms with E-state index in [9.17, 15) is 26.3 Å². The summed E-state index contributed by atoms with van der Waals surface area (Å²) in [6, 6.07) is 5.96. The van der Waals surface area contributed by atoms with Crippen LogP contribution in [0.3, 0.4) is 0 Å². The first-order chi connectivity index (χ1) is 14.5. The van der Waals surface area contributed by atoms with Crippen LogP contribution in [0, 0.1) is 0 Å². The van der Waals surface area contributed by atoms with Gasteiger partial charge >= 0.3 is 12.4 Å². The highest BCUT2D eigenvalue weighted by Crippen LogP contribution is 2.39. The number of benzene rings is 2. The predicted molar refractivity (Wildman–Crippen MR) is 105 cm³/mol. The summed E-state index contributed by atoms with van der Waals surface area (Å²) in [4.78, 5) is 8.52. The van der Waals surface area contributed by atoms with Gasteiger partial charge in [0, 0.05) is 11.4 Å². The maximum Gasteiger partial charge on any atom is 0.449 e. The number of aryl methyl sites for hydroxylation is 1. The minimum Gasteiger partial charge on any atom is -0.436 e. The SMILES string of the molecule is CCSc1cc2c(cc1-c1nc3cc(C(F)(F)F)ccc3o1)nc(C(F)(F)F)n2CC. The average Bonchev–Trinajstić information content (AvgIpc) is 3.26. The van der Waals surface area contributed by atoms with Gasteiger partial charge in [0.2, 0.25) is 11.7 Å². The van der Waals surface area contributed by atoms with Crippen LogP contribution < -0.4 is 0 Å². The van der Waals surface area contributed by atoms with Crippen LogP contribution >= 0.6 is 11.8 Å². The van der Waals surface area contributed by atoms with E-state index in [4.69, 9.17) is 4.42 Å². The second kappa shape index (κ2) is 7.47. The van der Waals surface area contributed by atoms with Crippen LogP contribution in [0.2, 0.25) is 0 Å². The molecule has 0 unspecified atom stereocenters. The van der Waals surface area contributed by atoms with E-state index in [-0.39, 0.29) is 29.1 Å². The molecule has 4 nitrogen and oxygen atoms in total. The maximum absolute atomic E-state index is 13.4. The molecule has 164 valence electrons. The summed E-state index contributed by atoms with van der Waals surface area (Å²) in [7, 11) is 0. The zero-order valence-corrected chi connectivity index (χ0v) is 17.0. The quantitative estimate of drug-likeness (QED) is 0.243. The first-order valence-corrected chi connectivity index (χ1v) is 10.2. The molecule has 11 heteroatoms. The van der Waals surface area contributed by atoms with Crippen LogP contribution in [0.1, 0.15) is 25.2 Å². The second-order valence-corrected chi connectivity index (χ2v) is 7.95. The van der Waals surface area contributed by atoms with E-state index in [1.807, 2.05) is 6.92 Å². The minimum atomic E-state index is -4.63. The molecule has 0 saturated heterocycles. The van der Waals surface area contributed by atoms with Gasteiger partial charge in [0.25, 0.3) is 0 Å². The third kappa shape index (κ3) is 3.86. The Labute approximate surface area is 176 Å². The molecule has 2 heterocycles. The number of aromatic nitrogens is 3. The van der Waals surface area contributed by atoms with Gasteiger partial charge in [-0.25, -0.2) is 9.97 Å². The molecule has 4 aromatic rings. The van der Waals surface area contributed by atoms with Crippen molar-refractivity contribution in [2.45, 2.75) is 37.6 Å². The summed E-state index contributed by atoms with van der Waals surface area (Å²) in [5.41, 5.74) is 0.0689. The van der Waals surface area contributed by atoms with E-state index >= 15 is 0 Å². The van der Waals surface area contributed by atoms with E-state index in [0.717, 1.165) is 16.7 Å². The number of nitrogens with zero attached hydrogens (tertiary/aromatic N) is 3. The number of hydrogen-bond donors (Lipinski definition) is 0. The molecule has 31 heavy (non-hydrogen) atoms. The van der Waals surface area contributed by atoms with Crippen LogP contribution in [0.5, 0.6) is 0 Å². The Hall–Kier alpha value is -2.69. The summed E-state index contributed by atoms with van der Waals surface area (Å²) in [5, 5.41) is 0. The Bertz CT molecular complexity index is 1270. The van der Waals surface area contributed by atoms with E-state index in [1.54, 1.807) is 13.0 Å². The van der Waals surface area contributed by atoms with Crippen molar-refractivity contribution < 1.29 is 30.8 Å². The van der Waals surface area contributed by atoms with Gasteiger partial charge in [0.05, 0.1) is 22.2 Å². The van der Waals surface area contributed by atoms with Gasteiger partial charge in [-0.15, -0.1) is 11.8 Å². The van der Waals surface area contributed by atoms with Crippen LogP contribution in [0.25, 0.3) is 33.6 Å². The molecule has 0 saturated carbocycles. The molecule has 0 aliphatic heterocycles. The van der Waals surface area contributed by atoms with Gasteiger partial charge in [-0.2, -0.15) is 26.3 Å². The van der Waals surface area contributed by atoms with Crippen molar-refractivity contribution >= 4 is 33.9 Å². The Morgan fingerprint density at radius 1 is 0.935 bits per heavy atom. The number of rotatable bonds is 4. The zero-order chi connectivity index (χ0) is 22.6. The van der Waals surface area contributed by atoms with Crippen molar-refractivity contribution in [3.05, 3.63) is 41.7 Å². The third-order valence-corrected chi connectivity index (χ3v) is 5.60. The topological polar surface area (TPSA) is 43.9 Å². The maximum atomic E-state index is 13.4. The molecule has 4 rings (SSSR count). The highest BCUT2D eigenvalue weighted by atomic mass is 32.2. The fourth-order valence-corrected chi connectivity index (χ4v) is 4.16. The largest absolute Gasteiger partial charge is 0.449 e. The fourth-order valence-electron chi connectivity index (χ4n) is 3.35. The summed E-state index contributed by atoms with van der Waals surface area (Å²) >= 11 is 1.36. The van der Waals surface area contributed by atoms with E-state index in [0.29, 0.717) is 21.7 Å². The van der Waals surface area contributed by atoms with Gasteiger partial charge in [0.1, 0.15) is 5.52 Å². The first kappa shape index (κ1) is 21.5. The third-order valence-electron chi connectivity index (χ3n) is 4.66. The molecule has 2 aromatic heterocycles. The number of thioether (sulfide) groups is 1. The van der Waals surface area contributed by atoms with Gasteiger partial charge < -0.3 is 8.98 Å². The molecular formula is C20H15F6N3OS. The summed E-state index contributed by atoms with van der Waals surface area (Å²) in [6.45, 7) is 3.54. The van der Waals surface area contributed by atoms with Crippen molar-refractivity contribution in [3.63, 3.8) is 0 Å². The normalized spacial score (nSPS) is 12.9. The van der Waals surface area contributed by atoms with Crippen LogP contribution in [0.15, 0.2) is 39.6 Å². The molecule has 0 spiro atoms. The molecular weight excluding hydrogens is 444 g/mol. The molecule has 0 atom stereocenters. The Kier molecular flexibility index (Phi) is 5.19. The lowest BCUT2D eigenvalue weighted by Crippen LogP contribution is -2.14. The average molecular weight is 459 g/mol. The molecule has 2 aromatic carbocycles. The molecule has 0 amide bonds. The molecule has 0 fully saturated rings. The van der Waals surface area contributed by atoms with Crippen LogP contribution in [0.4, 0.5) is 26.3 Å². The number of imidazole rings is 1. The van der Waals surface area contributed by atoms with Crippen molar-refractivity contribution in [1.29, 1.82) is 0 Å². The van der Waals surface area contributed by atoms with E-state index < -0.39 is 23.7 Å². The molecule has 0 radical (unpaired) electrons. The van der Waals surface area contributed by atoms with Gasteiger partial charge in [-0.05, 0) is 43.0 Å².